The van der Waals surface area contributed by atoms with Crippen molar-refractivity contribution in [2.75, 3.05) is 12.4 Å². The topological polar surface area (TPSA) is 155 Å². The molecule has 9 nitrogen and oxygen atoms in total. The van der Waals surface area contributed by atoms with Gasteiger partial charge >= 0.3 is 5.97 Å². The molecule has 0 spiro atoms. The summed E-state index contributed by atoms with van der Waals surface area (Å²) in [6, 6.07) is 0. The van der Waals surface area contributed by atoms with Crippen LogP contribution in [0.25, 0.3) is 0 Å². The van der Waals surface area contributed by atoms with Gasteiger partial charge in [-0.1, -0.05) is 32.4 Å². The number of carbonyl (C=O) groups is 3. The van der Waals surface area contributed by atoms with E-state index in [-0.39, 0.29) is 42.3 Å². The molecule has 0 amide bonds. The lowest BCUT2D eigenvalue weighted by atomic mass is 9.45. The van der Waals surface area contributed by atoms with Gasteiger partial charge in [0.1, 0.15) is 5.60 Å². The molecule has 3 saturated carbocycles. The van der Waals surface area contributed by atoms with E-state index < -0.39 is 63.2 Å². The zero-order chi connectivity index (χ0) is 26.0. The number of hydrogen-bond acceptors (Lipinski definition) is 8. The third kappa shape index (κ3) is 4.22. The van der Waals surface area contributed by atoms with Crippen LogP contribution in [0.2, 0.25) is 0 Å². The van der Waals surface area contributed by atoms with Gasteiger partial charge in [0, 0.05) is 16.7 Å². The first-order valence-corrected chi connectivity index (χ1v) is 13.7. The smallest absolute Gasteiger partial charge is 0.307 e. The van der Waals surface area contributed by atoms with Gasteiger partial charge in [-0.15, -0.1) is 0 Å². The number of allylic oxidation sites excluding steroid dienone is 4. The van der Waals surface area contributed by atoms with Crippen molar-refractivity contribution >= 4 is 27.7 Å². The van der Waals surface area contributed by atoms with Gasteiger partial charge in [0.25, 0.3) is 10.1 Å². The molecular formula is C25H34O9S. The monoisotopic (exact) mass is 510 g/mol. The number of ether oxygens (including phenoxy) is 1. The highest BCUT2D eigenvalue weighted by atomic mass is 32.2. The summed E-state index contributed by atoms with van der Waals surface area (Å²) in [7, 11) is -4.34. The molecule has 194 valence electrons. The number of Topliss-reactive ketones (excluding diaryl/α,β-unsaturated/α-hetero) is 1. The van der Waals surface area contributed by atoms with E-state index in [0.717, 1.165) is 12.0 Å². The fourth-order valence-corrected chi connectivity index (χ4v) is 8.19. The maximum atomic E-state index is 13.2. The number of aliphatic hydroxyl groups is 2. The van der Waals surface area contributed by atoms with Crippen LogP contribution in [0.15, 0.2) is 23.8 Å². The van der Waals surface area contributed by atoms with Crippen LogP contribution < -0.4 is 0 Å². The van der Waals surface area contributed by atoms with E-state index >= 15 is 0 Å². The second-order valence-corrected chi connectivity index (χ2v) is 12.8. The predicted octanol–water partition coefficient (Wildman–Crippen LogP) is 1.63. The average Bonchev–Trinajstić information content (AvgIpc) is 3.02. The van der Waals surface area contributed by atoms with Crippen LogP contribution in [0, 0.1) is 34.5 Å². The van der Waals surface area contributed by atoms with E-state index in [1.165, 1.54) is 0 Å². The van der Waals surface area contributed by atoms with E-state index in [1.807, 2.05) is 13.0 Å². The number of rotatable bonds is 6. The normalized spacial score (nSPS) is 42.5. The first-order valence-electron chi connectivity index (χ1n) is 12.1. The second kappa shape index (κ2) is 8.61. The van der Waals surface area contributed by atoms with Crippen LogP contribution in [-0.4, -0.2) is 64.8 Å². The molecule has 8 atom stereocenters. The molecule has 35 heavy (non-hydrogen) atoms. The lowest BCUT2D eigenvalue weighted by Crippen LogP contribution is -2.62. The van der Waals surface area contributed by atoms with Crippen molar-refractivity contribution < 1.29 is 42.3 Å². The van der Waals surface area contributed by atoms with E-state index in [4.69, 9.17) is 9.29 Å². The Balaban J connectivity index is 1.55. The summed E-state index contributed by atoms with van der Waals surface area (Å²) in [5.74, 6) is -2.56. The number of ketones is 2. The Morgan fingerprint density at radius 1 is 1.26 bits per heavy atom. The predicted molar refractivity (Wildman–Crippen MR) is 125 cm³/mol. The van der Waals surface area contributed by atoms with Crippen molar-refractivity contribution in [3.8, 4) is 0 Å². The summed E-state index contributed by atoms with van der Waals surface area (Å²) in [6.07, 6.45) is 5.42. The van der Waals surface area contributed by atoms with Gasteiger partial charge in [0.05, 0.1) is 18.3 Å². The molecule has 0 aromatic carbocycles. The lowest BCUT2D eigenvalue weighted by Gasteiger charge is -2.60. The number of fused-ring (bicyclic) bond motifs is 5. The van der Waals surface area contributed by atoms with Crippen LogP contribution in [-0.2, 0) is 29.2 Å². The van der Waals surface area contributed by atoms with Crippen molar-refractivity contribution in [2.45, 2.75) is 64.6 Å². The molecule has 4 rings (SSSR count). The molecule has 1 unspecified atom stereocenters. The quantitative estimate of drug-likeness (QED) is 0.357. The van der Waals surface area contributed by atoms with Crippen LogP contribution in [0.3, 0.4) is 0 Å². The first-order chi connectivity index (χ1) is 16.1. The molecule has 0 saturated heterocycles. The van der Waals surface area contributed by atoms with Gasteiger partial charge < -0.3 is 14.9 Å². The molecule has 0 aromatic heterocycles. The Bertz CT molecular complexity index is 1110. The van der Waals surface area contributed by atoms with Crippen molar-refractivity contribution in [1.82, 2.24) is 0 Å². The van der Waals surface area contributed by atoms with Crippen LogP contribution in [0.4, 0.5) is 0 Å². The molecule has 3 fully saturated rings. The van der Waals surface area contributed by atoms with E-state index in [2.05, 4.69) is 13.8 Å². The number of aliphatic hydroxyl groups excluding tert-OH is 1. The zero-order valence-corrected chi connectivity index (χ0v) is 21.1. The summed E-state index contributed by atoms with van der Waals surface area (Å²) in [4.78, 5) is 37.1. The maximum absolute atomic E-state index is 13.2. The largest absolute Gasteiger partial charge is 0.458 e. The molecule has 4 aliphatic rings. The minimum absolute atomic E-state index is 0.0258. The first kappa shape index (κ1) is 26.2. The molecule has 0 bridgehead atoms. The average molecular weight is 511 g/mol. The minimum atomic E-state index is -4.34. The SMILES string of the molecule is CC1C[C@@H]2[C@H]([C@@H](O)C[C@@]3(C)[C@H]2CC[C@]3(O)C(=O)COC(=O)CCS(=O)(=O)O)[C@@]2(C)C=CC(=O)C=C12. The third-order valence-electron chi connectivity index (χ3n) is 9.36. The van der Waals surface area contributed by atoms with Crippen molar-refractivity contribution in [2.24, 2.45) is 34.5 Å². The standard InChI is InChI=1S/C25H34O9S/c1-14-10-16-17-5-8-25(30,20(28)13-34-21(29)6-9-35(31,32)33)24(17,3)12-19(27)22(16)23(2)7-4-15(26)11-18(14)23/h4,7,11,14,16-17,19,22,27,30H,5-6,8-10,12-13H2,1-3H3,(H,31,32,33)/t14?,16-,17-,19-,22+,23-,24-,25-/m0/s1. The molecule has 0 heterocycles. The molecule has 3 N–H and O–H groups in total. The molecule has 0 aromatic rings. The van der Waals surface area contributed by atoms with Crippen LogP contribution in [0.1, 0.15) is 52.9 Å². The van der Waals surface area contributed by atoms with Crippen molar-refractivity contribution in [3.63, 3.8) is 0 Å². The fraction of sp³-hybridized carbons (Fsp3) is 0.720. The van der Waals surface area contributed by atoms with Crippen LogP contribution in [0.5, 0.6) is 0 Å². The Labute approximate surface area is 205 Å². The molecule has 4 aliphatic carbocycles. The number of esters is 1. The summed E-state index contributed by atoms with van der Waals surface area (Å²) < 4.78 is 35.3. The second-order valence-electron chi connectivity index (χ2n) is 11.3. The summed E-state index contributed by atoms with van der Waals surface area (Å²) in [6.45, 7) is 5.24. The molecule has 10 heteroatoms. The van der Waals surface area contributed by atoms with Gasteiger partial charge in [-0.2, -0.15) is 8.42 Å². The highest BCUT2D eigenvalue weighted by molar-refractivity contribution is 7.85. The Morgan fingerprint density at radius 2 is 1.94 bits per heavy atom. The van der Waals surface area contributed by atoms with Crippen molar-refractivity contribution in [1.29, 1.82) is 0 Å². The Kier molecular flexibility index (Phi) is 6.44. The molecule has 0 aliphatic heterocycles. The summed E-state index contributed by atoms with van der Waals surface area (Å²) in [5.41, 5.74) is -2.19. The van der Waals surface area contributed by atoms with Gasteiger partial charge in [-0.25, -0.2) is 0 Å². The Hall–Kier alpha value is -1.88. The van der Waals surface area contributed by atoms with E-state index in [1.54, 1.807) is 12.2 Å². The third-order valence-corrected chi connectivity index (χ3v) is 10.1. The van der Waals surface area contributed by atoms with Gasteiger partial charge in [0.2, 0.25) is 5.78 Å². The lowest BCUT2D eigenvalue weighted by molar-refractivity contribution is -0.182. The molecular weight excluding hydrogens is 476 g/mol. The summed E-state index contributed by atoms with van der Waals surface area (Å²) >= 11 is 0. The van der Waals surface area contributed by atoms with Gasteiger partial charge in [-0.3, -0.25) is 18.9 Å². The zero-order valence-electron chi connectivity index (χ0n) is 20.3. The Morgan fingerprint density at radius 3 is 2.60 bits per heavy atom. The van der Waals surface area contributed by atoms with Crippen LogP contribution >= 0.6 is 0 Å². The minimum Gasteiger partial charge on any atom is -0.458 e. The van der Waals surface area contributed by atoms with Gasteiger partial charge in [0.15, 0.2) is 12.4 Å². The maximum Gasteiger partial charge on any atom is 0.307 e. The van der Waals surface area contributed by atoms with E-state index in [0.29, 0.717) is 6.42 Å². The highest BCUT2D eigenvalue weighted by Crippen LogP contribution is 2.67. The van der Waals surface area contributed by atoms with Crippen molar-refractivity contribution in [3.05, 3.63) is 23.8 Å². The highest BCUT2D eigenvalue weighted by Gasteiger charge is 2.68. The number of carbonyl (C=O) groups excluding carboxylic acids is 3. The number of hydrogen-bond donors (Lipinski definition) is 3. The fourth-order valence-electron chi connectivity index (χ4n) is 7.76. The molecule has 0 radical (unpaired) electrons. The van der Waals surface area contributed by atoms with E-state index in [9.17, 15) is 33.0 Å². The van der Waals surface area contributed by atoms with Gasteiger partial charge in [-0.05, 0) is 55.6 Å². The summed E-state index contributed by atoms with van der Waals surface area (Å²) in [5, 5.41) is 23.1.